The minimum Gasteiger partial charge on any atom is -0.396 e. The smallest absolute Gasteiger partial charge is 0.0494 e. The molecule has 0 amide bonds. The number of aliphatic hydroxyl groups is 1. The van der Waals surface area contributed by atoms with Crippen LogP contribution < -0.4 is 5.32 Å². The lowest BCUT2D eigenvalue weighted by Gasteiger charge is -2.22. The van der Waals surface area contributed by atoms with Crippen molar-refractivity contribution in [3.63, 3.8) is 0 Å². The molecule has 0 saturated heterocycles. The van der Waals surface area contributed by atoms with Crippen molar-refractivity contribution >= 4 is 5.57 Å². The molecule has 0 aliphatic carbocycles. The molecule has 0 fully saturated rings. The van der Waals surface area contributed by atoms with E-state index in [1.807, 2.05) is 32.0 Å². The van der Waals surface area contributed by atoms with Gasteiger partial charge in [0.15, 0.2) is 0 Å². The molecule has 0 radical (unpaired) electrons. The van der Waals surface area contributed by atoms with Gasteiger partial charge in [0.05, 0.1) is 0 Å². The van der Waals surface area contributed by atoms with Crippen LogP contribution in [0.4, 0.5) is 0 Å². The van der Waals surface area contributed by atoms with E-state index >= 15 is 0 Å². The molecule has 0 unspecified atom stereocenters. The second-order valence-corrected chi connectivity index (χ2v) is 4.90. The van der Waals surface area contributed by atoms with Crippen LogP contribution in [0.1, 0.15) is 19.4 Å². The highest BCUT2D eigenvalue weighted by molar-refractivity contribution is 5.64. The number of benzene rings is 1. The van der Waals surface area contributed by atoms with Crippen LogP contribution >= 0.6 is 0 Å². The molecule has 88 valence electrons. The molecule has 0 atom stereocenters. The Kier molecular flexibility index (Phi) is 4.71. The van der Waals surface area contributed by atoms with Crippen molar-refractivity contribution in [1.29, 1.82) is 0 Å². The topological polar surface area (TPSA) is 32.3 Å². The minimum absolute atomic E-state index is 0.0725. The molecule has 0 aliphatic rings. The van der Waals surface area contributed by atoms with Gasteiger partial charge in [-0.2, -0.15) is 0 Å². The van der Waals surface area contributed by atoms with E-state index in [2.05, 4.69) is 24.0 Å². The molecule has 2 N–H and O–H groups in total. The maximum Gasteiger partial charge on any atom is 0.0494 e. The van der Waals surface area contributed by atoms with E-state index in [0.717, 1.165) is 24.2 Å². The third-order valence-electron chi connectivity index (χ3n) is 2.55. The standard InChI is InChI=1S/C14H21NO/c1-12(13-7-5-4-6-8-13)9-15-10-14(2,3)11-16/h4-8,15-16H,1,9-11H2,2-3H3. The Morgan fingerprint density at radius 1 is 1.31 bits per heavy atom. The molecule has 16 heavy (non-hydrogen) atoms. The average Bonchev–Trinajstić information content (AvgIpc) is 2.30. The van der Waals surface area contributed by atoms with E-state index in [9.17, 15) is 0 Å². The monoisotopic (exact) mass is 219 g/mol. The predicted octanol–water partition coefficient (Wildman–Crippen LogP) is 2.31. The summed E-state index contributed by atoms with van der Waals surface area (Å²) < 4.78 is 0. The Morgan fingerprint density at radius 2 is 1.94 bits per heavy atom. The van der Waals surface area contributed by atoms with Crippen LogP contribution in [0.15, 0.2) is 36.9 Å². The summed E-state index contributed by atoms with van der Waals surface area (Å²) in [6.07, 6.45) is 0. The lowest BCUT2D eigenvalue weighted by atomic mass is 9.95. The van der Waals surface area contributed by atoms with Gasteiger partial charge in [0.2, 0.25) is 0 Å². The van der Waals surface area contributed by atoms with Crippen LogP contribution in [0.5, 0.6) is 0 Å². The molecule has 0 aliphatic heterocycles. The molecule has 0 bridgehead atoms. The molecule has 1 aromatic rings. The Labute approximate surface area is 98.0 Å². The molecule has 0 saturated carbocycles. The van der Waals surface area contributed by atoms with Gasteiger partial charge < -0.3 is 10.4 Å². The van der Waals surface area contributed by atoms with E-state index in [0.29, 0.717) is 0 Å². The highest BCUT2D eigenvalue weighted by Crippen LogP contribution is 2.13. The molecule has 2 heteroatoms. The summed E-state index contributed by atoms with van der Waals surface area (Å²) in [7, 11) is 0. The first kappa shape index (κ1) is 12.9. The first-order valence-corrected chi connectivity index (χ1v) is 5.60. The quantitative estimate of drug-likeness (QED) is 0.769. The van der Waals surface area contributed by atoms with Crippen LogP contribution in [-0.2, 0) is 0 Å². The maximum atomic E-state index is 9.11. The summed E-state index contributed by atoms with van der Waals surface area (Å²) in [6.45, 7) is 9.85. The second-order valence-electron chi connectivity index (χ2n) is 4.90. The number of nitrogens with one attached hydrogen (secondary N) is 1. The van der Waals surface area contributed by atoms with Crippen molar-refractivity contribution in [2.45, 2.75) is 13.8 Å². The van der Waals surface area contributed by atoms with E-state index in [1.165, 1.54) is 0 Å². The zero-order chi connectivity index (χ0) is 12.0. The second kappa shape index (κ2) is 5.83. The Hall–Kier alpha value is -1.12. The van der Waals surface area contributed by atoms with Gasteiger partial charge >= 0.3 is 0 Å². The van der Waals surface area contributed by atoms with Gasteiger partial charge in [-0.25, -0.2) is 0 Å². The average molecular weight is 219 g/mol. The van der Waals surface area contributed by atoms with Crippen LogP contribution in [0, 0.1) is 5.41 Å². The predicted molar refractivity (Wildman–Crippen MR) is 69.2 cm³/mol. The van der Waals surface area contributed by atoms with Crippen LogP contribution in [0.3, 0.4) is 0 Å². The van der Waals surface area contributed by atoms with Crippen LogP contribution in [-0.4, -0.2) is 24.8 Å². The van der Waals surface area contributed by atoms with Crippen molar-refractivity contribution in [3.05, 3.63) is 42.5 Å². The van der Waals surface area contributed by atoms with Gasteiger partial charge in [-0.05, 0) is 11.1 Å². The molecule has 1 rings (SSSR count). The fraction of sp³-hybridized carbons (Fsp3) is 0.429. The largest absolute Gasteiger partial charge is 0.396 e. The lowest BCUT2D eigenvalue weighted by Crippen LogP contribution is -2.33. The maximum absolute atomic E-state index is 9.11. The Morgan fingerprint density at radius 3 is 2.50 bits per heavy atom. The summed E-state index contributed by atoms with van der Waals surface area (Å²) >= 11 is 0. The Balaban J connectivity index is 2.37. The van der Waals surface area contributed by atoms with Crippen molar-refractivity contribution in [2.24, 2.45) is 5.41 Å². The summed E-state index contributed by atoms with van der Waals surface area (Å²) in [6, 6.07) is 10.1. The van der Waals surface area contributed by atoms with E-state index in [4.69, 9.17) is 5.11 Å². The van der Waals surface area contributed by atoms with Gasteiger partial charge in [0.1, 0.15) is 0 Å². The molecular formula is C14H21NO. The van der Waals surface area contributed by atoms with Gasteiger partial charge in [0.25, 0.3) is 0 Å². The first-order valence-electron chi connectivity index (χ1n) is 5.60. The third kappa shape index (κ3) is 4.17. The van der Waals surface area contributed by atoms with Crippen molar-refractivity contribution in [3.8, 4) is 0 Å². The van der Waals surface area contributed by atoms with Gasteiger partial charge in [-0.15, -0.1) is 0 Å². The van der Waals surface area contributed by atoms with Gasteiger partial charge in [-0.3, -0.25) is 0 Å². The number of hydrogen-bond donors (Lipinski definition) is 2. The molecule has 0 spiro atoms. The minimum atomic E-state index is -0.0725. The highest BCUT2D eigenvalue weighted by atomic mass is 16.3. The molecule has 0 aromatic heterocycles. The summed E-state index contributed by atoms with van der Waals surface area (Å²) in [5, 5.41) is 12.4. The SMILES string of the molecule is C=C(CNCC(C)(C)CO)c1ccccc1. The molecule has 1 aromatic carbocycles. The van der Waals surface area contributed by atoms with E-state index in [-0.39, 0.29) is 12.0 Å². The molecule has 2 nitrogen and oxygen atoms in total. The highest BCUT2D eigenvalue weighted by Gasteiger charge is 2.15. The van der Waals surface area contributed by atoms with Gasteiger partial charge in [-0.1, -0.05) is 50.8 Å². The normalized spacial score (nSPS) is 11.4. The van der Waals surface area contributed by atoms with Crippen LogP contribution in [0.2, 0.25) is 0 Å². The first-order chi connectivity index (χ1) is 7.55. The summed E-state index contributed by atoms with van der Waals surface area (Å²) in [5.41, 5.74) is 2.17. The van der Waals surface area contributed by atoms with E-state index in [1.54, 1.807) is 0 Å². The number of rotatable bonds is 6. The van der Waals surface area contributed by atoms with Crippen molar-refractivity contribution < 1.29 is 5.11 Å². The third-order valence-corrected chi connectivity index (χ3v) is 2.55. The van der Waals surface area contributed by atoms with Crippen molar-refractivity contribution in [1.82, 2.24) is 5.32 Å². The lowest BCUT2D eigenvalue weighted by molar-refractivity contribution is 0.158. The summed E-state index contributed by atoms with van der Waals surface area (Å²) in [4.78, 5) is 0. The number of hydrogen-bond acceptors (Lipinski definition) is 2. The van der Waals surface area contributed by atoms with Crippen molar-refractivity contribution in [2.75, 3.05) is 19.7 Å². The summed E-state index contributed by atoms with van der Waals surface area (Å²) in [5.74, 6) is 0. The zero-order valence-electron chi connectivity index (χ0n) is 10.2. The molecular weight excluding hydrogens is 198 g/mol. The van der Waals surface area contributed by atoms with Crippen LogP contribution in [0.25, 0.3) is 5.57 Å². The Bertz CT molecular complexity index is 330. The number of aliphatic hydroxyl groups excluding tert-OH is 1. The van der Waals surface area contributed by atoms with Gasteiger partial charge in [0, 0.05) is 25.1 Å². The fourth-order valence-electron chi connectivity index (χ4n) is 1.38. The zero-order valence-corrected chi connectivity index (χ0v) is 10.2. The fourth-order valence-corrected chi connectivity index (χ4v) is 1.38. The molecule has 0 heterocycles. The van der Waals surface area contributed by atoms with E-state index < -0.39 is 0 Å².